The smallest absolute Gasteiger partial charge is 0.0465 e. The van der Waals surface area contributed by atoms with E-state index >= 15 is 0 Å². The molecule has 0 atom stereocenters. The molecular formula is C13H16O. The van der Waals surface area contributed by atoms with Crippen molar-refractivity contribution in [2.24, 2.45) is 0 Å². The first-order chi connectivity index (χ1) is 6.92. The minimum atomic E-state index is 0.861. The van der Waals surface area contributed by atoms with Crippen LogP contribution in [0.5, 0.6) is 0 Å². The molecule has 0 amide bonds. The third-order valence-electron chi connectivity index (χ3n) is 2.73. The number of allylic oxidation sites excluding steroid dienone is 2. The first-order valence-corrected chi connectivity index (χ1v) is 5.18. The highest BCUT2D eigenvalue weighted by atomic mass is 16.5. The van der Waals surface area contributed by atoms with Crippen molar-refractivity contribution in [1.29, 1.82) is 0 Å². The fourth-order valence-corrected chi connectivity index (χ4v) is 2.00. The number of ether oxygens (including phenoxy) is 1. The number of hydrogen-bond donors (Lipinski definition) is 0. The van der Waals surface area contributed by atoms with Gasteiger partial charge in [0.2, 0.25) is 0 Å². The second-order valence-electron chi connectivity index (χ2n) is 3.69. The summed E-state index contributed by atoms with van der Waals surface area (Å²) < 4.78 is 5.06. The van der Waals surface area contributed by atoms with Crippen molar-refractivity contribution in [2.45, 2.75) is 19.3 Å². The average molecular weight is 188 g/mol. The van der Waals surface area contributed by atoms with Gasteiger partial charge in [0.05, 0.1) is 0 Å². The Morgan fingerprint density at radius 1 is 1.29 bits per heavy atom. The van der Waals surface area contributed by atoms with Crippen LogP contribution in [0.3, 0.4) is 0 Å². The maximum Gasteiger partial charge on any atom is 0.0465 e. The van der Waals surface area contributed by atoms with Gasteiger partial charge in [0.1, 0.15) is 0 Å². The molecule has 0 fully saturated rings. The summed E-state index contributed by atoms with van der Waals surface area (Å²) in [5.74, 6) is 0. The van der Waals surface area contributed by atoms with Crippen molar-refractivity contribution < 1.29 is 4.74 Å². The Morgan fingerprint density at radius 2 is 2.14 bits per heavy atom. The van der Waals surface area contributed by atoms with Gasteiger partial charge in [-0.3, -0.25) is 0 Å². The van der Waals surface area contributed by atoms with Gasteiger partial charge in [-0.25, -0.2) is 0 Å². The quantitative estimate of drug-likeness (QED) is 0.660. The summed E-state index contributed by atoms with van der Waals surface area (Å²) in [7, 11) is 1.76. The van der Waals surface area contributed by atoms with E-state index in [-0.39, 0.29) is 0 Å². The topological polar surface area (TPSA) is 9.23 Å². The molecule has 1 nitrogen and oxygen atoms in total. The van der Waals surface area contributed by atoms with E-state index in [0.29, 0.717) is 0 Å². The average Bonchev–Trinajstić information content (AvgIpc) is 2.63. The fraction of sp³-hybridized carbons (Fsp3) is 0.385. The predicted molar refractivity (Wildman–Crippen MR) is 59.2 cm³/mol. The van der Waals surface area contributed by atoms with Gasteiger partial charge in [-0.1, -0.05) is 30.3 Å². The third-order valence-corrected chi connectivity index (χ3v) is 2.73. The molecule has 1 aliphatic rings. The van der Waals surface area contributed by atoms with Crippen LogP contribution in [0, 0.1) is 0 Å². The SMILES string of the molecule is COCCCC1=CCc2ccccc21. The fourth-order valence-electron chi connectivity index (χ4n) is 2.00. The molecule has 0 saturated heterocycles. The molecule has 0 radical (unpaired) electrons. The highest BCUT2D eigenvalue weighted by Crippen LogP contribution is 2.30. The monoisotopic (exact) mass is 188 g/mol. The van der Waals surface area contributed by atoms with Gasteiger partial charge >= 0.3 is 0 Å². The molecular weight excluding hydrogens is 172 g/mol. The maximum absolute atomic E-state index is 5.06. The van der Waals surface area contributed by atoms with Crippen LogP contribution < -0.4 is 0 Å². The van der Waals surface area contributed by atoms with E-state index in [4.69, 9.17) is 4.74 Å². The summed E-state index contributed by atoms with van der Waals surface area (Å²) in [6.07, 6.45) is 5.72. The van der Waals surface area contributed by atoms with Gasteiger partial charge < -0.3 is 4.74 Å². The maximum atomic E-state index is 5.06. The van der Waals surface area contributed by atoms with Crippen LogP contribution in [0.15, 0.2) is 30.3 Å². The molecule has 0 heterocycles. The summed E-state index contributed by atoms with van der Waals surface area (Å²) in [4.78, 5) is 0. The number of rotatable bonds is 4. The number of fused-ring (bicyclic) bond motifs is 1. The Bertz CT molecular complexity index is 339. The zero-order chi connectivity index (χ0) is 9.80. The van der Waals surface area contributed by atoms with Crippen molar-refractivity contribution in [3.8, 4) is 0 Å². The molecule has 0 aliphatic heterocycles. The second kappa shape index (κ2) is 4.43. The lowest BCUT2D eigenvalue weighted by Crippen LogP contribution is -1.90. The first-order valence-electron chi connectivity index (χ1n) is 5.18. The second-order valence-corrected chi connectivity index (χ2v) is 3.69. The van der Waals surface area contributed by atoms with Crippen molar-refractivity contribution in [3.05, 3.63) is 41.5 Å². The van der Waals surface area contributed by atoms with Crippen molar-refractivity contribution in [1.82, 2.24) is 0 Å². The van der Waals surface area contributed by atoms with Gasteiger partial charge in [-0.15, -0.1) is 0 Å². The Hall–Kier alpha value is -1.08. The lowest BCUT2D eigenvalue weighted by atomic mass is 10.0. The van der Waals surface area contributed by atoms with Crippen molar-refractivity contribution >= 4 is 5.57 Å². The standard InChI is InChI=1S/C13H16O/c1-14-10-4-6-12-9-8-11-5-2-3-7-13(11)12/h2-3,5,7,9H,4,6,8,10H2,1H3. The minimum absolute atomic E-state index is 0.861. The third kappa shape index (κ3) is 1.88. The van der Waals surface area contributed by atoms with E-state index in [1.165, 1.54) is 16.7 Å². The highest BCUT2D eigenvalue weighted by Gasteiger charge is 2.11. The number of benzene rings is 1. The van der Waals surface area contributed by atoms with E-state index < -0.39 is 0 Å². The summed E-state index contributed by atoms with van der Waals surface area (Å²) in [6, 6.07) is 8.68. The van der Waals surface area contributed by atoms with E-state index in [2.05, 4.69) is 30.3 Å². The van der Waals surface area contributed by atoms with Crippen LogP contribution in [0.1, 0.15) is 24.0 Å². The van der Waals surface area contributed by atoms with E-state index in [1.54, 1.807) is 7.11 Å². The van der Waals surface area contributed by atoms with Gasteiger partial charge in [0, 0.05) is 13.7 Å². The van der Waals surface area contributed by atoms with Crippen LogP contribution >= 0.6 is 0 Å². The molecule has 1 aliphatic carbocycles. The van der Waals surface area contributed by atoms with Crippen LogP contribution in [0.2, 0.25) is 0 Å². The molecule has 74 valence electrons. The van der Waals surface area contributed by atoms with Crippen LogP contribution in [-0.4, -0.2) is 13.7 Å². The molecule has 1 aromatic rings. The van der Waals surface area contributed by atoms with Crippen molar-refractivity contribution in [3.63, 3.8) is 0 Å². The van der Waals surface area contributed by atoms with Gasteiger partial charge in [0.25, 0.3) is 0 Å². The summed E-state index contributed by atoms with van der Waals surface area (Å²) in [5, 5.41) is 0. The molecule has 1 heteroatoms. The molecule has 0 saturated carbocycles. The largest absolute Gasteiger partial charge is 0.385 e. The summed E-state index contributed by atoms with van der Waals surface area (Å²) in [6.45, 7) is 0.861. The van der Waals surface area contributed by atoms with E-state index in [0.717, 1.165) is 25.9 Å². The predicted octanol–water partition coefficient (Wildman–Crippen LogP) is 3.05. The Morgan fingerprint density at radius 3 is 3.00 bits per heavy atom. The Balaban J connectivity index is 2.02. The van der Waals surface area contributed by atoms with Crippen LogP contribution in [0.25, 0.3) is 5.57 Å². The zero-order valence-corrected chi connectivity index (χ0v) is 8.62. The molecule has 1 aromatic carbocycles. The minimum Gasteiger partial charge on any atom is -0.385 e. The molecule has 0 aromatic heterocycles. The molecule has 0 unspecified atom stereocenters. The zero-order valence-electron chi connectivity index (χ0n) is 8.62. The summed E-state index contributed by atoms with van der Waals surface area (Å²) in [5.41, 5.74) is 4.42. The molecule has 0 spiro atoms. The normalized spacial score (nSPS) is 13.9. The van der Waals surface area contributed by atoms with Crippen LogP contribution in [0.4, 0.5) is 0 Å². The lowest BCUT2D eigenvalue weighted by Gasteiger charge is -2.04. The highest BCUT2D eigenvalue weighted by molar-refractivity contribution is 5.72. The Kier molecular flexibility index (Phi) is 3.00. The number of methoxy groups -OCH3 is 1. The van der Waals surface area contributed by atoms with Crippen LogP contribution in [-0.2, 0) is 11.2 Å². The van der Waals surface area contributed by atoms with E-state index in [1.807, 2.05) is 0 Å². The molecule has 14 heavy (non-hydrogen) atoms. The van der Waals surface area contributed by atoms with E-state index in [9.17, 15) is 0 Å². The van der Waals surface area contributed by atoms with Gasteiger partial charge in [0.15, 0.2) is 0 Å². The first kappa shape index (κ1) is 9.47. The number of hydrogen-bond acceptors (Lipinski definition) is 1. The van der Waals surface area contributed by atoms with Gasteiger partial charge in [-0.2, -0.15) is 0 Å². The lowest BCUT2D eigenvalue weighted by molar-refractivity contribution is 0.196. The Labute approximate surface area is 85.4 Å². The van der Waals surface area contributed by atoms with Gasteiger partial charge in [-0.05, 0) is 36.0 Å². The van der Waals surface area contributed by atoms with Crippen molar-refractivity contribution in [2.75, 3.05) is 13.7 Å². The molecule has 0 N–H and O–H groups in total. The molecule has 2 rings (SSSR count). The molecule has 0 bridgehead atoms. The summed E-state index contributed by atoms with van der Waals surface area (Å²) >= 11 is 0.